The van der Waals surface area contributed by atoms with Crippen LogP contribution in [0.5, 0.6) is 11.5 Å². The van der Waals surface area contributed by atoms with E-state index < -0.39 is 0 Å². The summed E-state index contributed by atoms with van der Waals surface area (Å²) in [4.78, 5) is 0. The van der Waals surface area contributed by atoms with Gasteiger partial charge in [-0.05, 0) is 53.4 Å². The van der Waals surface area contributed by atoms with Crippen molar-refractivity contribution in [2.75, 3.05) is 0 Å². The molecule has 0 saturated carbocycles. The molecule has 0 amide bonds. The first-order chi connectivity index (χ1) is 9.94. The second-order valence-corrected chi connectivity index (χ2v) is 5.81. The number of hydrogen-bond donors (Lipinski definition) is 0. The van der Waals surface area contributed by atoms with Gasteiger partial charge in [-0.3, -0.25) is 0 Å². The van der Waals surface area contributed by atoms with Gasteiger partial charge in [0.05, 0.1) is 23.3 Å². The van der Waals surface area contributed by atoms with Gasteiger partial charge in [0.15, 0.2) is 0 Å². The Morgan fingerprint density at radius 1 is 0.857 bits per heavy atom. The van der Waals surface area contributed by atoms with Crippen LogP contribution >= 0.6 is 0 Å². The van der Waals surface area contributed by atoms with Crippen LogP contribution in [0.25, 0.3) is 0 Å². The average Bonchev–Trinajstić information content (AvgIpc) is 2.47. The zero-order valence-electron chi connectivity index (χ0n) is 12.3. The molecule has 0 fully saturated rings. The molecule has 0 unspecified atom stereocenters. The topological polar surface area (TPSA) is 56.8 Å². The minimum Gasteiger partial charge on any atom is -0.457 e. The third-order valence-corrected chi connectivity index (χ3v) is 3.14. The lowest BCUT2D eigenvalue weighted by molar-refractivity contribution is 0.478. The van der Waals surface area contributed by atoms with Crippen molar-refractivity contribution in [3.63, 3.8) is 0 Å². The van der Waals surface area contributed by atoms with Gasteiger partial charge in [-0.1, -0.05) is 20.8 Å². The van der Waals surface area contributed by atoms with Crippen molar-refractivity contribution in [3.05, 3.63) is 59.2 Å². The standard InChI is InChI=1S/C18H16N2O/c1-18(2,3)17-10-16(9-6-14(17)12-20)21-15-7-4-13(11-19)5-8-15/h4-10H,1-3H3. The first-order valence-corrected chi connectivity index (χ1v) is 6.66. The molecule has 3 heteroatoms. The molecule has 0 atom stereocenters. The second kappa shape index (κ2) is 5.69. The normalized spacial score (nSPS) is 10.5. The van der Waals surface area contributed by atoms with Crippen LogP contribution in [0.2, 0.25) is 0 Å². The number of nitriles is 2. The molecular formula is C18H16N2O. The fourth-order valence-corrected chi connectivity index (χ4v) is 2.04. The van der Waals surface area contributed by atoms with Gasteiger partial charge in [0.2, 0.25) is 0 Å². The molecule has 0 radical (unpaired) electrons. The lowest BCUT2D eigenvalue weighted by Crippen LogP contribution is -2.13. The van der Waals surface area contributed by atoms with E-state index in [-0.39, 0.29) is 5.41 Å². The summed E-state index contributed by atoms with van der Waals surface area (Å²) in [6.07, 6.45) is 0. The first kappa shape index (κ1) is 14.6. The van der Waals surface area contributed by atoms with Crippen molar-refractivity contribution in [1.82, 2.24) is 0 Å². The Morgan fingerprint density at radius 2 is 1.48 bits per heavy atom. The molecule has 21 heavy (non-hydrogen) atoms. The Labute approximate surface area is 125 Å². The van der Waals surface area contributed by atoms with Gasteiger partial charge in [-0.25, -0.2) is 0 Å². The Bertz CT molecular complexity index is 726. The molecule has 3 nitrogen and oxygen atoms in total. The van der Waals surface area contributed by atoms with E-state index in [2.05, 4.69) is 32.9 Å². The highest BCUT2D eigenvalue weighted by atomic mass is 16.5. The fraction of sp³-hybridized carbons (Fsp3) is 0.222. The van der Waals surface area contributed by atoms with Gasteiger partial charge in [0.25, 0.3) is 0 Å². The maximum Gasteiger partial charge on any atom is 0.127 e. The van der Waals surface area contributed by atoms with Crippen molar-refractivity contribution in [3.8, 4) is 23.6 Å². The largest absolute Gasteiger partial charge is 0.457 e. The fourth-order valence-electron chi connectivity index (χ4n) is 2.04. The zero-order chi connectivity index (χ0) is 15.5. The van der Waals surface area contributed by atoms with Gasteiger partial charge in [0, 0.05) is 0 Å². The quantitative estimate of drug-likeness (QED) is 0.810. The molecule has 2 aromatic rings. The minimum absolute atomic E-state index is 0.130. The molecule has 104 valence electrons. The SMILES string of the molecule is CC(C)(C)c1cc(Oc2ccc(C#N)cc2)ccc1C#N. The monoisotopic (exact) mass is 276 g/mol. The molecule has 2 aromatic carbocycles. The molecule has 2 rings (SSSR count). The summed E-state index contributed by atoms with van der Waals surface area (Å²) in [5.74, 6) is 1.35. The Balaban J connectivity index is 2.33. The summed E-state index contributed by atoms with van der Waals surface area (Å²) in [5.41, 5.74) is 2.08. The molecular weight excluding hydrogens is 260 g/mol. The highest BCUT2D eigenvalue weighted by molar-refractivity contribution is 5.47. The van der Waals surface area contributed by atoms with Crippen LogP contribution in [0.15, 0.2) is 42.5 Å². The summed E-state index contributed by atoms with van der Waals surface area (Å²) < 4.78 is 5.79. The molecule has 0 aromatic heterocycles. The second-order valence-electron chi connectivity index (χ2n) is 5.81. The minimum atomic E-state index is -0.130. The van der Waals surface area contributed by atoms with E-state index in [4.69, 9.17) is 10.00 Å². The molecule has 0 bridgehead atoms. The lowest BCUT2D eigenvalue weighted by atomic mass is 9.84. The van der Waals surface area contributed by atoms with Crippen LogP contribution in [0, 0.1) is 22.7 Å². The number of nitrogens with zero attached hydrogens (tertiary/aromatic N) is 2. The third-order valence-electron chi connectivity index (χ3n) is 3.14. The van der Waals surface area contributed by atoms with Gasteiger partial charge >= 0.3 is 0 Å². The summed E-state index contributed by atoms with van der Waals surface area (Å²) in [5, 5.41) is 18.0. The predicted molar refractivity (Wildman–Crippen MR) is 81.1 cm³/mol. The van der Waals surface area contributed by atoms with Gasteiger partial charge in [-0.2, -0.15) is 10.5 Å². The summed E-state index contributed by atoms with van der Waals surface area (Å²) >= 11 is 0. The van der Waals surface area contributed by atoms with Crippen molar-refractivity contribution < 1.29 is 4.74 Å². The van der Waals surface area contributed by atoms with Gasteiger partial charge in [0.1, 0.15) is 11.5 Å². The van der Waals surface area contributed by atoms with E-state index in [0.29, 0.717) is 22.6 Å². The lowest BCUT2D eigenvalue weighted by Gasteiger charge is -2.21. The highest BCUT2D eigenvalue weighted by Gasteiger charge is 2.19. The van der Waals surface area contributed by atoms with Gasteiger partial charge < -0.3 is 4.74 Å². The molecule has 0 N–H and O–H groups in total. The summed E-state index contributed by atoms with van der Waals surface area (Å²) in [6, 6.07) is 16.7. The molecule has 0 saturated heterocycles. The first-order valence-electron chi connectivity index (χ1n) is 6.66. The molecule has 0 heterocycles. The van der Waals surface area contributed by atoms with E-state index in [1.54, 1.807) is 36.4 Å². The Morgan fingerprint density at radius 3 is 2.00 bits per heavy atom. The molecule has 0 aliphatic rings. The number of benzene rings is 2. The third kappa shape index (κ3) is 3.41. The van der Waals surface area contributed by atoms with Crippen LogP contribution in [0.3, 0.4) is 0 Å². The van der Waals surface area contributed by atoms with Crippen LogP contribution in [-0.4, -0.2) is 0 Å². The maximum atomic E-state index is 9.20. The zero-order valence-corrected chi connectivity index (χ0v) is 12.3. The van der Waals surface area contributed by atoms with Crippen molar-refractivity contribution >= 4 is 0 Å². The van der Waals surface area contributed by atoms with E-state index in [0.717, 1.165) is 5.56 Å². The van der Waals surface area contributed by atoms with Crippen molar-refractivity contribution in [1.29, 1.82) is 10.5 Å². The van der Waals surface area contributed by atoms with Crippen molar-refractivity contribution in [2.24, 2.45) is 0 Å². The highest BCUT2D eigenvalue weighted by Crippen LogP contribution is 2.31. The van der Waals surface area contributed by atoms with E-state index in [9.17, 15) is 5.26 Å². The van der Waals surface area contributed by atoms with Crippen molar-refractivity contribution in [2.45, 2.75) is 26.2 Å². The molecule has 0 spiro atoms. The number of hydrogen-bond acceptors (Lipinski definition) is 3. The maximum absolute atomic E-state index is 9.20. The average molecular weight is 276 g/mol. The smallest absolute Gasteiger partial charge is 0.127 e. The summed E-state index contributed by atoms with van der Waals surface area (Å²) in [7, 11) is 0. The van der Waals surface area contributed by atoms with E-state index in [1.165, 1.54) is 0 Å². The van der Waals surface area contributed by atoms with Crippen LogP contribution in [0.4, 0.5) is 0 Å². The number of ether oxygens (including phenoxy) is 1. The Kier molecular flexibility index (Phi) is 3.96. The van der Waals surface area contributed by atoms with E-state index >= 15 is 0 Å². The number of rotatable bonds is 2. The predicted octanol–water partition coefficient (Wildman–Crippen LogP) is 4.52. The van der Waals surface area contributed by atoms with Gasteiger partial charge in [-0.15, -0.1) is 0 Å². The molecule has 0 aliphatic carbocycles. The Hall–Kier alpha value is -2.78. The van der Waals surface area contributed by atoms with Crippen LogP contribution in [-0.2, 0) is 5.41 Å². The van der Waals surface area contributed by atoms with Crippen LogP contribution in [0.1, 0.15) is 37.5 Å². The van der Waals surface area contributed by atoms with Crippen LogP contribution < -0.4 is 4.74 Å². The van der Waals surface area contributed by atoms with E-state index in [1.807, 2.05) is 6.07 Å². The molecule has 0 aliphatic heterocycles. The summed E-state index contributed by atoms with van der Waals surface area (Å²) in [6.45, 7) is 6.19.